The average molecular weight is 358 g/mol. The first-order valence-electron chi connectivity index (χ1n) is 6.33. The Balaban J connectivity index is 2.51. The summed E-state index contributed by atoms with van der Waals surface area (Å²) < 4.78 is 0.874. The van der Waals surface area contributed by atoms with Crippen LogP contribution >= 0.6 is 28.1 Å². The number of carbonyl (C=O) groups excluding carboxylic acids is 1. The Hall–Kier alpha value is -1.14. The summed E-state index contributed by atoms with van der Waals surface area (Å²) in [4.78, 5) is 12.0. The zero-order chi connectivity index (χ0) is 15.3. The molecular formula is C14H20BrN3OS. The number of halogens is 1. The highest BCUT2D eigenvalue weighted by molar-refractivity contribution is 9.10. The van der Waals surface area contributed by atoms with E-state index in [4.69, 9.17) is 18.0 Å². The van der Waals surface area contributed by atoms with Crippen LogP contribution in [0, 0.1) is 0 Å². The van der Waals surface area contributed by atoms with E-state index in [0.29, 0.717) is 18.0 Å². The molecule has 4 N–H and O–H groups in total. The first-order valence-corrected chi connectivity index (χ1v) is 7.53. The molecule has 1 aromatic carbocycles. The van der Waals surface area contributed by atoms with Crippen molar-refractivity contribution in [3.05, 3.63) is 28.2 Å². The van der Waals surface area contributed by atoms with E-state index in [0.717, 1.165) is 15.7 Å². The van der Waals surface area contributed by atoms with E-state index in [1.165, 1.54) is 0 Å². The third-order valence-corrected chi connectivity index (χ3v) is 3.33. The van der Waals surface area contributed by atoms with Crippen LogP contribution in [-0.4, -0.2) is 23.0 Å². The van der Waals surface area contributed by atoms with E-state index < -0.39 is 0 Å². The zero-order valence-electron chi connectivity index (χ0n) is 11.9. The number of benzene rings is 1. The van der Waals surface area contributed by atoms with Gasteiger partial charge in [-0.05, 0) is 54.9 Å². The van der Waals surface area contributed by atoms with Crippen LogP contribution in [0.1, 0.15) is 32.8 Å². The highest BCUT2D eigenvalue weighted by Gasteiger charge is 2.13. The molecule has 0 radical (unpaired) electrons. The largest absolute Gasteiger partial charge is 0.389 e. The highest BCUT2D eigenvalue weighted by Crippen LogP contribution is 2.23. The Kier molecular flexibility index (Phi) is 5.95. The van der Waals surface area contributed by atoms with Crippen LogP contribution in [0.25, 0.3) is 0 Å². The topological polar surface area (TPSA) is 67.2 Å². The summed E-state index contributed by atoms with van der Waals surface area (Å²) in [6.45, 7) is 6.45. The van der Waals surface area contributed by atoms with Gasteiger partial charge in [0.15, 0.2) is 0 Å². The predicted octanol–water partition coefficient (Wildman–Crippen LogP) is 2.80. The highest BCUT2D eigenvalue weighted by atomic mass is 79.9. The van der Waals surface area contributed by atoms with Crippen molar-refractivity contribution in [1.82, 2.24) is 5.32 Å². The summed E-state index contributed by atoms with van der Waals surface area (Å²) in [5.74, 6) is 0.0286. The van der Waals surface area contributed by atoms with Gasteiger partial charge in [0.1, 0.15) is 4.99 Å². The molecule has 4 nitrogen and oxygen atoms in total. The third-order valence-electron chi connectivity index (χ3n) is 2.44. The fraction of sp³-hybridized carbons (Fsp3) is 0.429. The minimum atomic E-state index is -0.198. The Morgan fingerprint density at radius 2 is 2.05 bits per heavy atom. The second-order valence-electron chi connectivity index (χ2n) is 5.53. The van der Waals surface area contributed by atoms with Crippen molar-refractivity contribution in [2.24, 2.45) is 5.73 Å². The lowest BCUT2D eigenvalue weighted by Gasteiger charge is -2.20. The quantitative estimate of drug-likeness (QED) is 0.708. The first-order chi connectivity index (χ1) is 9.19. The molecule has 0 bridgehead atoms. The van der Waals surface area contributed by atoms with E-state index in [2.05, 4.69) is 26.6 Å². The maximum Gasteiger partial charge on any atom is 0.222 e. The summed E-state index contributed by atoms with van der Waals surface area (Å²) in [6, 6.07) is 5.60. The molecule has 1 aromatic rings. The normalized spacial score (nSPS) is 11.0. The number of anilines is 1. The molecule has 1 rings (SSSR count). The lowest BCUT2D eigenvalue weighted by molar-refractivity contribution is -0.122. The van der Waals surface area contributed by atoms with E-state index in [1.807, 2.05) is 39.0 Å². The van der Waals surface area contributed by atoms with Crippen molar-refractivity contribution >= 4 is 44.7 Å². The van der Waals surface area contributed by atoms with Crippen molar-refractivity contribution < 1.29 is 4.79 Å². The van der Waals surface area contributed by atoms with Gasteiger partial charge in [-0.15, -0.1) is 0 Å². The standard InChI is InChI=1S/C14H20BrN3OS/c1-14(2,3)18-12(19)6-7-17-11-5-4-9(13(16)20)8-10(11)15/h4-5,8,17H,6-7H2,1-3H3,(H2,16,20)(H,18,19). The van der Waals surface area contributed by atoms with Crippen LogP contribution in [0.15, 0.2) is 22.7 Å². The second kappa shape index (κ2) is 7.04. The summed E-state index contributed by atoms with van der Waals surface area (Å²) in [7, 11) is 0. The van der Waals surface area contributed by atoms with Gasteiger partial charge >= 0.3 is 0 Å². The van der Waals surface area contributed by atoms with Crippen LogP contribution in [0.3, 0.4) is 0 Å². The molecule has 0 saturated carbocycles. The number of nitrogens with one attached hydrogen (secondary N) is 2. The average Bonchev–Trinajstić information content (AvgIpc) is 2.28. The van der Waals surface area contributed by atoms with Gasteiger partial charge < -0.3 is 16.4 Å². The lowest BCUT2D eigenvalue weighted by Crippen LogP contribution is -2.41. The molecule has 0 aromatic heterocycles. The van der Waals surface area contributed by atoms with Crippen molar-refractivity contribution in [2.75, 3.05) is 11.9 Å². The molecule has 6 heteroatoms. The summed E-state index contributed by atoms with van der Waals surface area (Å²) in [6.07, 6.45) is 0.417. The number of amides is 1. The second-order valence-corrected chi connectivity index (χ2v) is 6.83. The molecule has 0 fully saturated rings. The maximum atomic E-state index is 11.7. The summed E-state index contributed by atoms with van der Waals surface area (Å²) in [5.41, 5.74) is 7.09. The molecule has 20 heavy (non-hydrogen) atoms. The zero-order valence-corrected chi connectivity index (χ0v) is 14.3. The smallest absolute Gasteiger partial charge is 0.222 e. The lowest BCUT2D eigenvalue weighted by atomic mass is 10.1. The molecule has 1 amide bonds. The maximum absolute atomic E-state index is 11.7. The summed E-state index contributed by atoms with van der Waals surface area (Å²) >= 11 is 8.37. The van der Waals surface area contributed by atoms with E-state index in [1.54, 1.807) is 0 Å². The van der Waals surface area contributed by atoms with Gasteiger partial charge in [0.25, 0.3) is 0 Å². The Morgan fingerprint density at radius 3 is 2.55 bits per heavy atom. The fourth-order valence-electron chi connectivity index (χ4n) is 1.60. The van der Waals surface area contributed by atoms with Crippen molar-refractivity contribution in [2.45, 2.75) is 32.7 Å². The van der Waals surface area contributed by atoms with Crippen LogP contribution in [0.2, 0.25) is 0 Å². The minimum absolute atomic E-state index is 0.0286. The van der Waals surface area contributed by atoms with E-state index >= 15 is 0 Å². The fourth-order valence-corrected chi connectivity index (χ4v) is 2.25. The summed E-state index contributed by atoms with van der Waals surface area (Å²) in [5, 5.41) is 6.12. The SMILES string of the molecule is CC(C)(C)NC(=O)CCNc1ccc(C(N)=S)cc1Br. The predicted molar refractivity (Wildman–Crippen MR) is 91.0 cm³/mol. The van der Waals surface area contributed by atoms with Gasteiger partial charge in [-0.1, -0.05) is 12.2 Å². The molecule has 0 aliphatic heterocycles. The van der Waals surface area contributed by atoms with Crippen molar-refractivity contribution in [3.63, 3.8) is 0 Å². The number of hydrogen-bond donors (Lipinski definition) is 3. The third kappa shape index (κ3) is 5.88. The van der Waals surface area contributed by atoms with Crippen LogP contribution in [0.5, 0.6) is 0 Å². The van der Waals surface area contributed by atoms with Gasteiger partial charge in [-0.3, -0.25) is 4.79 Å². The van der Waals surface area contributed by atoms with Gasteiger partial charge in [0, 0.05) is 34.2 Å². The Morgan fingerprint density at radius 1 is 1.40 bits per heavy atom. The van der Waals surface area contributed by atoms with E-state index in [-0.39, 0.29) is 11.4 Å². The molecule has 0 heterocycles. The number of rotatable bonds is 5. The molecule has 0 aliphatic rings. The van der Waals surface area contributed by atoms with Gasteiger partial charge in [-0.25, -0.2) is 0 Å². The van der Waals surface area contributed by atoms with Crippen LogP contribution < -0.4 is 16.4 Å². The van der Waals surface area contributed by atoms with Crippen molar-refractivity contribution in [3.8, 4) is 0 Å². The van der Waals surface area contributed by atoms with E-state index in [9.17, 15) is 4.79 Å². The molecular weight excluding hydrogens is 338 g/mol. The van der Waals surface area contributed by atoms with Crippen molar-refractivity contribution in [1.29, 1.82) is 0 Å². The number of carbonyl (C=O) groups is 1. The van der Waals surface area contributed by atoms with Gasteiger partial charge in [-0.2, -0.15) is 0 Å². The van der Waals surface area contributed by atoms with Gasteiger partial charge in [0.2, 0.25) is 5.91 Å². The monoisotopic (exact) mass is 357 g/mol. The minimum Gasteiger partial charge on any atom is -0.389 e. The molecule has 0 aliphatic carbocycles. The Bertz CT molecular complexity index is 512. The van der Waals surface area contributed by atoms with Crippen LogP contribution in [0.4, 0.5) is 5.69 Å². The number of thiocarbonyl (C=S) groups is 1. The number of hydrogen-bond acceptors (Lipinski definition) is 3. The first kappa shape index (κ1) is 16.9. The van der Waals surface area contributed by atoms with Gasteiger partial charge in [0.05, 0.1) is 0 Å². The molecule has 0 spiro atoms. The molecule has 110 valence electrons. The molecule has 0 unspecified atom stereocenters. The van der Waals surface area contributed by atoms with Crippen LogP contribution in [-0.2, 0) is 4.79 Å². The Labute approximate surface area is 133 Å². The molecule has 0 saturated heterocycles. The number of nitrogens with two attached hydrogens (primary N) is 1. The molecule has 0 atom stereocenters.